The van der Waals surface area contributed by atoms with Crippen molar-refractivity contribution in [3.63, 3.8) is 0 Å². The van der Waals surface area contributed by atoms with Crippen molar-refractivity contribution >= 4 is 5.97 Å². The highest BCUT2D eigenvalue weighted by atomic mass is 16.4. The molecule has 1 aliphatic heterocycles. The molecule has 0 bridgehead atoms. The summed E-state index contributed by atoms with van der Waals surface area (Å²) in [6, 6.07) is 4.15. The van der Waals surface area contributed by atoms with Gasteiger partial charge < -0.3 is 5.11 Å². The number of aliphatic carboxylic acids is 1. The molecule has 4 nitrogen and oxygen atoms in total. The molecule has 0 unspecified atom stereocenters. The molecule has 16 heavy (non-hydrogen) atoms. The second-order valence-electron chi connectivity index (χ2n) is 4.16. The van der Waals surface area contributed by atoms with Gasteiger partial charge in [-0.25, -0.2) is 0 Å². The summed E-state index contributed by atoms with van der Waals surface area (Å²) >= 11 is 0. The molecule has 2 heterocycles. The van der Waals surface area contributed by atoms with Crippen LogP contribution in [0.5, 0.6) is 0 Å². The molecule has 1 fully saturated rings. The third kappa shape index (κ3) is 2.58. The van der Waals surface area contributed by atoms with Gasteiger partial charge >= 0.3 is 5.97 Å². The standard InChI is InChI=1S/C12H16N2O2/c15-12(16)9-14-7-2-1-5-11(14)10-4-3-6-13-8-10/h3-4,6,8,11H,1-2,5,7,9H2,(H,15,16)/t11-/m0/s1. The summed E-state index contributed by atoms with van der Waals surface area (Å²) in [4.78, 5) is 16.9. The highest BCUT2D eigenvalue weighted by Crippen LogP contribution is 2.29. The molecule has 1 aromatic heterocycles. The van der Waals surface area contributed by atoms with Gasteiger partial charge in [0.2, 0.25) is 0 Å². The summed E-state index contributed by atoms with van der Waals surface area (Å²) in [5, 5.41) is 8.87. The van der Waals surface area contributed by atoms with E-state index in [1.165, 1.54) is 0 Å². The Morgan fingerprint density at radius 3 is 3.12 bits per heavy atom. The lowest BCUT2D eigenvalue weighted by atomic mass is 9.96. The molecular weight excluding hydrogens is 204 g/mol. The second-order valence-corrected chi connectivity index (χ2v) is 4.16. The molecule has 4 heteroatoms. The minimum atomic E-state index is -0.754. The Morgan fingerprint density at radius 1 is 1.56 bits per heavy atom. The van der Waals surface area contributed by atoms with Gasteiger partial charge in [0, 0.05) is 18.4 Å². The molecule has 1 saturated heterocycles. The van der Waals surface area contributed by atoms with Gasteiger partial charge in [-0.05, 0) is 31.0 Å². The molecular formula is C12H16N2O2. The molecule has 0 aliphatic carbocycles. The number of aromatic nitrogens is 1. The predicted molar refractivity (Wildman–Crippen MR) is 60.0 cm³/mol. The number of rotatable bonds is 3. The second kappa shape index (κ2) is 5.07. The molecule has 86 valence electrons. The minimum absolute atomic E-state index is 0.125. The number of likely N-dealkylation sites (tertiary alicyclic amines) is 1. The van der Waals surface area contributed by atoms with Gasteiger partial charge in [-0.1, -0.05) is 12.5 Å². The molecule has 0 aromatic carbocycles. The van der Waals surface area contributed by atoms with Crippen LogP contribution in [-0.4, -0.2) is 34.0 Å². The largest absolute Gasteiger partial charge is 0.480 e. The van der Waals surface area contributed by atoms with E-state index in [9.17, 15) is 4.79 Å². The normalized spacial score (nSPS) is 21.9. The van der Waals surface area contributed by atoms with E-state index in [0.29, 0.717) is 0 Å². The molecule has 0 spiro atoms. The fourth-order valence-electron chi connectivity index (χ4n) is 2.30. The van der Waals surface area contributed by atoms with Crippen molar-refractivity contribution < 1.29 is 9.90 Å². The van der Waals surface area contributed by atoms with Crippen LogP contribution in [0, 0.1) is 0 Å². The van der Waals surface area contributed by atoms with Crippen LogP contribution in [0.1, 0.15) is 30.9 Å². The number of hydrogen-bond donors (Lipinski definition) is 1. The van der Waals surface area contributed by atoms with E-state index in [2.05, 4.69) is 4.98 Å². The Morgan fingerprint density at radius 2 is 2.44 bits per heavy atom. The molecule has 1 aliphatic rings. The van der Waals surface area contributed by atoms with Crippen LogP contribution in [0.3, 0.4) is 0 Å². The highest BCUT2D eigenvalue weighted by molar-refractivity contribution is 5.69. The molecule has 1 N–H and O–H groups in total. The zero-order chi connectivity index (χ0) is 11.4. The third-order valence-corrected chi connectivity index (χ3v) is 3.02. The molecule has 0 radical (unpaired) electrons. The van der Waals surface area contributed by atoms with E-state index in [4.69, 9.17) is 5.11 Å². The van der Waals surface area contributed by atoms with Crippen LogP contribution in [0.15, 0.2) is 24.5 Å². The molecule has 2 rings (SSSR count). The lowest BCUT2D eigenvalue weighted by Crippen LogP contribution is -2.37. The number of pyridine rings is 1. The number of hydrogen-bond acceptors (Lipinski definition) is 3. The maximum atomic E-state index is 10.8. The Bertz CT molecular complexity index is 353. The van der Waals surface area contributed by atoms with Gasteiger partial charge in [-0.15, -0.1) is 0 Å². The van der Waals surface area contributed by atoms with E-state index < -0.39 is 5.97 Å². The average molecular weight is 220 g/mol. The number of piperidine rings is 1. The quantitative estimate of drug-likeness (QED) is 0.842. The van der Waals surface area contributed by atoms with Gasteiger partial charge in [-0.3, -0.25) is 14.7 Å². The van der Waals surface area contributed by atoms with E-state index in [-0.39, 0.29) is 12.6 Å². The van der Waals surface area contributed by atoms with Crippen molar-refractivity contribution in [2.24, 2.45) is 0 Å². The van der Waals surface area contributed by atoms with Gasteiger partial charge in [-0.2, -0.15) is 0 Å². The Kier molecular flexibility index (Phi) is 3.51. The first-order valence-electron chi connectivity index (χ1n) is 5.63. The minimum Gasteiger partial charge on any atom is -0.480 e. The smallest absolute Gasteiger partial charge is 0.317 e. The number of carbonyl (C=O) groups is 1. The fourth-order valence-corrected chi connectivity index (χ4v) is 2.30. The number of carboxylic acids is 1. The molecule has 1 atom stereocenters. The highest BCUT2D eigenvalue weighted by Gasteiger charge is 2.25. The fraction of sp³-hybridized carbons (Fsp3) is 0.500. The summed E-state index contributed by atoms with van der Waals surface area (Å²) in [6.07, 6.45) is 6.86. The summed E-state index contributed by atoms with van der Waals surface area (Å²) in [6.45, 7) is 0.991. The van der Waals surface area contributed by atoms with Crippen LogP contribution in [0.2, 0.25) is 0 Å². The van der Waals surface area contributed by atoms with E-state index in [1.807, 2.05) is 23.2 Å². The topological polar surface area (TPSA) is 53.4 Å². The van der Waals surface area contributed by atoms with Crippen LogP contribution in [0.4, 0.5) is 0 Å². The van der Waals surface area contributed by atoms with Crippen LogP contribution < -0.4 is 0 Å². The molecule has 1 aromatic rings. The van der Waals surface area contributed by atoms with E-state index >= 15 is 0 Å². The van der Waals surface area contributed by atoms with Gasteiger partial charge in [0.05, 0.1) is 6.54 Å². The lowest BCUT2D eigenvalue weighted by Gasteiger charge is -2.34. The lowest BCUT2D eigenvalue weighted by molar-refractivity contribution is -0.139. The summed E-state index contributed by atoms with van der Waals surface area (Å²) in [7, 11) is 0. The zero-order valence-electron chi connectivity index (χ0n) is 9.17. The first-order valence-corrected chi connectivity index (χ1v) is 5.63. The third-order valence-electron chi connectivity index (χ3n) is 3.02. The van der Waals surface area contributed by atoms with Crippen molar-refractivity contribution in [2.75, 3.05) is 13.1 Å². The first kappa shape index (κ1) is 11.1. The summed E-state index contributed by atoms with van der Waals surface area (Å²) in [5.74, 6) is -0.754. The first-order chi connectivity index (χ1) is 7.77. The Hall–Kier alpha value is -1.42. The van der Waals surface area contributed by atoms with Crippen LogP contribution >= 0.6 is 0 Å². The van der Waals surface area contributed by atoms with Crippen molar-refractivity contribution in [3.05, 3.63) is 30.1 Å². The molecule has 0 saturated carbocycles. The number of nitrogens with zero attached hydrogens (tertiary/aromatic N) is 2. The maximum absolute atomic E-state index is 10.8. The van der Waals surface area contributed by atoms with Crippen LogP contribution in [0.25, 0.3) is 0 Å². The summed E-state index contributed by atoms with van der Waals surface area (Å²) in [5.41, 5.74) is 1.13. The van der Waals surface area contributed by atoms with Crippen molar-refractivity contribution in [2.45, 2.75) is 25.3 Å². The summed E-state index contributed by atoms with van der Waals surface area (Å²) < 4.78 is 0. The van der Waals surface area contributed by atoms with Gasteiger partial charge in [0.25, 0.3) is 0 Å². The van der Waals surface area contributed by atoms with Crippen molar-refractivity contribution in [3.8, 4) is 0 Å². The van der Waals surface area contributed by atoms with Crippen molar-refractivity contribution in [1.82, 2.24) is 9.88 Å². The zero-order valence-corrected chi connectivity index (χ0v) is 9.17. The maximum Gasteiger partial charge on any atom is 0.317 e. The van der Waals surface area contributed by atoms with Crippen LogP contribution in [-0.2, 0) is 4.79 Å². The monoisotopic (exact) mass is 220 g/mol. The van der Waals surface area contributed by atoms with Crippen molar-refractivity contribution in [1.29, 1.82) is 0 Å². The predicted octanol–water partition coefficient (Wildman–Crippen LogP) is 1.69. The van der Waals surface area contributed by atoms with Gasteiger partial charge in [0.15, 0.2) is 0 Å². The molecule has 0 amide bonds. The van der Waals surface area contributed by atoms with E-state index in [0.717, 1.165) is 31.4 Å². The van der Waals surface area contributed by atoms with Gasteiger partial charge in [0.1, 0.15) is 0 Å². The Labute approximate surface area is 94.9 Å². The number of carboxylic acid groups (broad SMARTS) is 1. The average Bonchev–Trinajstić information content (AvgIpc) is 2.30. The van der Waals surface area contributed by atoms with E-state index in [1.54, 1.807) is 6.20 Å². The Balaban J connectivity index is 2.13. The SMILES string of the molecule is O=C(O)CN1CCCC[C@H]1c1cccnc1.